The SMILES string of the molecule is C=C1C(=O)N(c2cc(OC)c(OC)c(OC)c2)[C@H]1c1ccc(OC)c(C(=O)OC)c1. The zero-order chi connectivity index (χ0) is 22.0. The van der Waals surface area contributed by atoms with E-state index in [-0.39, 0.29) is 11.5 Å². The Bertz CT molecular complexity index is 990. The average molecular weight is 413 g/mol. The van der Waals surface area contributed by atoms with Crippen molar-refractivity contribution in [1.29, 1.82) is 0 Å². The Hall–Kier alpha value is -3.68. The van der Waals surface area contributed by atoms with Gasteiger partial charge in [0, 0.05) is 17.7 Å². The molecular formula is C22H23NO7. The van der Waals surface area contributed by atoms with Crippen molar-refractivity contribution in [2.24, 2.45) is 0 Å². The van der Waals surface area contributed by atoms with Crippen LogP contribution >= 0.6 is 0 Å². The lowest BCUT2D eigenvalue weighted by Crippen LogP contribution is -2.48. The molecule has 0 saturated carbocycles. The minimum atomic E-state index is -0.538. The van der Waals surface area contributed by atoms with Gasteiger partial charge in [-0.15, -0.1) is 0 Å². The van der Waals surface area contributed by atoms with Crippen molar-refractivity contribution < 1.29 is 33.3 Å². The molecule has 0 spiro atoms. The van der Waals surface area contributed by atoms with Crippen LogP contribution in [0.25, 0.3) is 0 Å². The number of methoxy groups -OCH3 is 5. The summed E-state index contributed by atoms with van der Waals surface area (Å²) in [5.41, 5.74) is 1.89. The molecule has 158 valence electrons. The lowest BCUT2D eigenvalue weighted by molar-refractivity contribution is -0.118. The lowest BCUT2D eigenvalue weighted by atomic mass is 9.87. The predicted octanol–water partition coefficient (Wildman–Crippen LogP) is 3.15. The van der Waals surface area contributed by atoms with Gasteiger partial charge in [0.1, 0.15) is 11.3 Å². The highest BCUT2D eigenvalue weighted by Crippen LogP contribution is 2.48. The Labute approximate surface area is 174 Å². The monoisotopic (exact) mass is 413 g/mol. The highest BCUT2D eigenvalue weighted by atomic mass is 16.5. The van der Waals surface area contributed by atoms with Crippen LogP contribution in [-0.4, -0.2) is 47.4 Å². The molecule has 1 aliphatic heterocycles. The van der Waals surface area contributed by atoms with Crippen LogP contribution in [0.5, 0.6) is 23.0 Å². The molecule has 3 rings (SSSR count). The Balaban J connectivity index is 2.09. The fourth-order valence-electron chi connectivity index (χ4n) is 3.47. The predicted molar refractivity (Wildman–Crippen MR) is 110 cm³/mol. The number of anilines is 1. The third-order valence-corrected chi connectivity index (χ3v) is 4.95. The van der Waals surface area contributed by atoms with E-state index in [4.69, 9.17) is 23.7 Å². The van der Waals surface area contributed by atoms with E-state index in [0.29, 0.717) is 39.8 Å². The van der Waals surface area contributed by atoms with Crippen molar-refractivity contribution >= 4 is 17.6 Å². The van der Waals surface area contributed by atoms with Crippen molar-refractivity contribution in [3.63, 3.8) is 0 Å². The number of amides is 1. The molecular weight excluding hydrogens is 390 g/mol. The Kier molecular flexibility index (Phi) is 5.86. The van der Waals surface area contributed by atoms with Crippen molar-refractivity contribution in [1.82, 2.24) is 0 Å². The van der Waals surface area contributed by atoms with Crippen molar-refractivity contribution in [2.45, 2.75) is 6.04 Å². The standard InChI is InChI=1S/C22H23NO7/c1-12-19(13-7-8-16(26-2)15(9-13)22(25)30-6)23(21(12)24)14-10-17(27-3)20(29-5)18(11-14)28-4/h7-11,19H,1H2,2-6H3/t19-/m1/s1. The molecule has 0 bridgehead atoms. The van der Waals surface area contributed by atoms with Gasteiger partial charge in [-0.2, -0.15) is 0 Å². The molecule has 0 N–H and O–H groups in total. The molecule has 30 heavy (non-hydrogen) atoms. The first-order valence-corrected chi connectivity index (χ1v) is 9.00. The Morgan fingerprint density at radius 1 is 0.900 bits per heavy atom. The van der Waals surface area contributed by atoms with E-state index in [1.807, 2.05) is 0 Å². The quantitative estimate of drug-likeness (QED) is 0.392. The Morgan fingerprint density at radius 2 is 1.50 bits per heavy atom. The summed E-state index contributed by atoms with van der Waals surface area (Å²) in [4.78, 5) is 26.4. The first-order valence-electron chi connectivity index (χ1n) is 9.00. The molecule has 1 aliphatic rings. The van der Waals surface area contributed by atoms with Crippen LogP contribution in [0.15, 0.2) is 42.5 Å². The second-order valence-electron chi connectivity index (χ2n) is 6.44. The molecule has 0 unspecified atom stereocenters. The van der Waals surface area contributed by atoms with E-state index in [2.05, 4.69) is 6.58 Å². The minimum absolute atomic E-state index is 0.246. The van der Waals surface area contributed by atoms with Gasteiger partial charge >= 0.3 is 5.97 Å². The number of rotatable bonds is 7. The van der Waals surface area contributed by atoms with E-state index in [1.54, 1.807) is 35.2 Å². The van der Waals surface area contributed by atoms with Gasteiger partial charge in [-0.05, 0) is 17.7 Å². The van der Waals surface area contributed by atoms with Crippen molar-refractivity contribution in [3.05, 3.63) is 53.6 Å². The highest BCUT2D eigenvalue weighted by molar-refractivity contribution is 6.15. The number of carbonyl (C=O) groups is 2. The summed E-state index contributed by atoms with van der Waals surface area (Å²) in [6, 6.07) is 7.96. The minimum Gasteiger partial charge on any atom is -0.496 e. The van der Waals surface area contributed by atoms with E-state index in [9.17, 15) is 9.59 Å². The summed E-state index contributed by atoms with van der Waals surface area (Å²) in [7, 11) is 7.27. The molecule has 1 fully saturated rings. The fraction of sp³-hybridized carbons (Fsp3) is 0.273. The number of hydrogen-bond acceptors (Lipinski definition) is 7. The molecule has 0 aromatic heterocycles. The summed E-state index contributed by atoms with van der Waals surface area (Å²) in [6.07, 6.45) is 0. The molecule has 8 nitrogen and oxygen atoms in total. The summed E-state index contributed by atoms with van der Waals surface area (Å²) in [5.74, 6) is 0.849. The smallest absolute Gasteiger partial charge is 0.341 e. The van der Waals surface area contributed by atoms with Gasteiger partial charge in [0.2, 0.25) is 5.75 Å². The second kappa shape index (κ2) is 8.36. The molecule has 8 heteroatoms. The summed E-state index contributed by atoms with van der Waals surface area (Å²) in [6.45, 7) is 3.91. The van der Waals surface area contributed by atoms with Gasteiger partial charge in [-0.25, -0.2) is 4.79 Å². The maximum absolute atomic E-state index is 12.7. The van der Waals surface area contributed by atoms with Crippen molar-refractivity contribution in [2.75, 3.05) is 40.4 Å². The maximum Gasteiger partial charge on any atom is 0.341 e. The van der Waals surface area contributed by atoms with Crippen LogP contribution < -0.4 is 23.8 Å². The van der Waals surface area contributed by atoms with E-state index < -0.39 is 12.0 Å². The zero-order valence-corrected chi connectivity index (χ0v) is 17.5. The van der Waals surface area contributed by atoms with E-state index in [0.717, 1.165) is 0 Å². The van der Waals surface area contributed by atoms with Gasteiger partial charge < -0.3 is 23.7 Å². The maximum atomic E-state index is 12.7. The number of esters is 1. The zero-order valence-electron chi connectivity index (χ0n) is 17.5. The van der Waals surface area contributed by atoms with Crippen LogP contribution in [0.1, 0.15) is 22.0 Å². The van der Waals surface area contributed by atoms with Crippen LogP contribution in [0.4, 0.5) is 5.69 Å². The van der Waals surface area contributed by atoms with Gasteiger partial charge in [-0.1, -0.05) is 12.6 Å². The largest absolute Gasteiger partial charge is 0.496 e. The van der Waals surface area contributed by atoms with Crippen LogP contribution in [0.2, 0.25) is 0 Å². The van der Waals surface area contributed by atoms with Crippen molar-refractivity contribution in [3.8, 4) is 23.0 Å². The molecule has 1 atom stereocenters. The third kappa shape index (κ3) is 3.30. The molecule has 1 saturated heterocycles. The molecule has 2 aromatic rings. The second-order valence-corrected chi connectivity index (χ2v) is 6.44. The lowest BCUT2D eigenvalue weighted by Gasteiger charge is -2.43. The first kappa shape index (κ1) is 21.0. The third-order valence-electron chi connectivity index (χ3n) is 4.95. The Morgan fingerprint density at radius 3 is 2.00 bits per heavy atom. The number of nitrogens with zero attached hydrogens (tertiary/aromatic N) is 1. The number of hydrogen-bond donors (Lipinski definition) is 0. The summed E-state index contributed by atoms with van der Waals surface area (Å²) < 4.78 is 26.2. The fourth-order valence-corrected chi connectivity index (χ4v) is 3.47. The van der Waals surface area contributed by atoms with E-state index in [1.165, 1.54) is 35.5 Å². The summed E-state index contributed by atoms with van der Waals surface area (Å²) in [5, 5.41) is 0. The van der Waals surface area contributed by atoms with Crippen LogP contribution in [-0.2, 0) is 9.53 Å². The number of ether oxygens (including phenoxy) is 5. The topological polar surface area (TPSA) is 83.5 Å². The molecule has 1 amide bonds. The van der Waals surface area contributed by atoms with Gasteiger partial charge in [-0.3, -0.25) is 9.69 Å². The van der Waals surface area contributed by atoms with Gasteiger partial charge in [0.05, 0.1) is 47.3 Å². The number of carbonyl (C=O) groups excluding carboxylic acids is 2. The molecule has 0 aliphatic carbocycles. The summed E-state index contributed by atoms with van der Waals surface area (Å²) >= 11 is 0. The van der Waals surface area contributed by atoms with Crippen LogP contribution in [0.3, 0.4) is 0 Å². The number of benzene rings is 2. The first-order chi connectivity index (χ1) is 14.4. The average Bonchev–Trinajstić information content (AvgIpc) is 2.79. The molecule has 0 radical (unpaired) electrons. The number of β-lactam (4-membered cyclic amide) rings is 1. The van der Waals surface area contributed by atoms with Gasteiger partial charge in [0.25, 0.3) is 5.91 Å². The molecule has 1 heterocycles. The van der Waals surface area contributed by atoms with Crippen LogP contribution in [0, 0.1) is 0 Å². The normalized spacial score (nSPS) is 15.4. The van der Waals surface area contributed by atoms with Gasteiger partial charge in [0.15, 0.2) is 11.5 Å². The highest BCUT2D eigenvalue weighted by Gasteiger charge is 2.43. The molecule has 2 aromatic carbocycles. The van der Waals surface area contributed by atoms with E-state index >= 15 is 0 Å².